The molecule has 2 N–H and O–H groups in total. The minimum atomic E-state index is -0.294. The zero-order valence-corrected chi connectivity index (χ0v) is 11.4. The Hall–Kier alpha value is -0.570. The van der Waals surface area contributed by atoms with Crippen LogP contribution in [0.25, 0.3) is 0 Å². The number of hydrogen-bond acceptors (Lipinski definition) is 2. The van der Waals surface area contributed by atoms with Crippen molar-refractivity contribution in [1.29, 1.82) is 0 Å². The van der Waals surface area contributed by atoms with Crippen molar-refractivity contribution in [3.8, 4) is 0 Å². The fourth-order valence-corrected chi connectivity index (χ4v) is 2.96. The number of carbonyl (C=O) groups excluding carboxylic acids is 1. The molecule has 0 aliphatic heterocycles. The SMILES string of the molecule is CC(C)CN(C(=O)C1(C)CCCC1N)C1CC1. The van der Waals surface area contributed by atoms with Crippen molar-refractivity contribution < 1.29 is 4.79 Å². The van der Waals surface area contributed by atoms with Crippen molar-refractivity contribution in [2.45, 2.75) is 65.0 Å². The van der Waals surface area contributed by atoms with Gasteiger partial charge in [-0.1, -0.05) is 20.3 Å². The average molecular weight is 238 g/mol. The summed E-state index contributed by atoms with van der Waals surface area (Å²) in [5.41, 5.74) is 5.86. The summed E-state index contributed by atoms with van der Waals surface area (Å²) in [6, 6.07) is 0.568. The van der Waals surface area contributed by atoms with E-state index in [1.807, 2.05) is 0 Å². The van der Waals surface area contributed by atoms with Gasteiger partial charge in [0.25, 0.3) is 0 Å². The molecular weight excluding hydrogens is 212 g/mol. The van der Waals surface area contributed by atoms with Crippen LogP contribution >= 0.6 is 0 Å². The number of nitrogens with two attached hydrogens (primary N) is 1. The fraction of sp³-hybridized carbons (Fsp3) is 0.929. The molecule has 2 aliphatic rings. The number of rotatable bonds is 4. The third kappa shape index (κ3) is 2.49. The predicted molar refractivity (Wildman–Crippen MR) is 69.5 cm³/mol. The van der Waals surface area contributed by atoms with Crippen LogP contribution < -0.4 is 5.73 Å². The topological polar surface area (TPSA) is 46.3 Å². The van der Waals surface area contributed by atoms with Crippen molar-refractivity contribution in [2.24, 2.45) is 17.1 Å². The lowest BCUT2D eigenvalue weighted by atomic mass is 9.83. The zero-order valence-electron chi connectivity index (χ0n) is 11.4. The lowest BCUT2D eigenvalue weighted by molar-refractivity contribution is -0.142. The van der Waals surface area contributed by atoms with Gasteiger partial charge in [-0.3, -0.25) is 4.79 Å². The molecule has 2 fully saturated rings. The molecule has 3 nitrogen and oxygen atoms in total. The van der Waals surface area contributed by atoms with Gasteiger partial charge < -0.3 is 10.6 Å². The zero-order chi connectivity index (χ0) is 12.6. The van der Waals surface area contributed by atoms with E-state index in [1.54, 1.807) is 0 Å². The molecule has 0 aromatic carbocycles. The smallest absolute Gasteiger partial charge is 0.230 e. The van der Waals surface area contributed by atoms with E-state index in [0.717, 1.165) is 25.8 Å². The molecule has 98 valence electrons. The molecule has 0 radical (unpaired) electrons. The molecule has 0 bridgehead atoms. The van der Waals surface area contributed by atoms with Crippen LogP contribution in [0.3, 0.4) is 0 Å². The van der Waals surface area contributed by atoms with Crippen LogP contribution in [0, 0.1) is 11.3 Å². The van der Waals surface area contributed by atoms with E-state index in [9.17, 15) is 4.79 Å². The molecule has 17 heavy (non-hydrogen) atoms. The van der Waals surface area contributed by atoms with E-state index in [-0.39, 0.29) is 11.5 Å². The van der Waals surface area contributed by atoms with Gasteiger partial charge in [0.2, 0.25) is 5.91 Å². The Morgan fingerprint density at radius 3 is 2.47 bits per heavy atom. The van der Waals surface area contributed by atoms with Gasteiger partial charge in [-0.15, -0.1) is 0 Å². The summed E-state index contributed by atoms with van der Waals surface area (Å²) in [4.78, 5) is 14.9. The minimum Gasteiger partial charge on any atom is -0.339 e. The molecular formula is C14H26N2O. The fourth-order valence-electron chi connectivity index (χ4n) is 2.96. The van der Waals surface area contributed by atoms with E-state index in [1.165, 1.54) is 12.8 Å². The Morgan fingerprint density at radius 2 is 2.06 bits per heavy atom. The van der Waals surface area contributed by atoms with Crippen molar-refractivity contribution in [1.82, 2.24) is 4.90 Å². The molecule has 2 saturated carbocycles. The van der Waals surface area contributed by atoms with Gasteiger partial charge in [0.1, 0.15) is 0 Å². The highest BCUT2D eigenvalue weighted by molar-refractivity contribution is 5.84. The molecule has 0 aromatic heterocycles. The minimum absolute atomic E-state index is 0.0587. The molecule has 2 unspecified atom stereocenters. The second kappa shape index (κ2) is 4.60. The number of nitrogens with zero attached hydrogens (tertiary/aromatic N) is 1. The lowest BCUT2D eigenvalue weighted by Gasteiger charge is -2.35. The van der Waals surface area contributed by atoms with Crippen molar-refractivity contribution >= 4 is 5.91 Å². The predicted octanol–water partition coefficient (Wildman–Crippen LogP) is 2.15. The first-order valence-electron chi connectivity index (χ1n) is 7.02. The maximum Gasteiger partial charge on any atom is 0.230 e. The van der Waals surface area contributed by atoms with Gasteiger partial charge in [0, 0.05) is 18.6 Å². The second-order valence-corrected chi connectivity index (χ2v) is 6.50. The highest BCUT2D eigenvalue weighted by Gasteiger charge is 2.47. The summed E-state index contributed by atoms with van der Waals surface area (Å²) in [5.74, 6) is 0.861. The number of amides is 1. The van der Waals surface area contributed by atoms with Gasteiger partial charge in [-0.25, -0.2) is 0 Å². The number of hydrogen-bond donors (Lipinski definition) is 1. The summed E-state index contributed by atoms with van der Waals surface area (Å²) in [5, 5.41) is 0. The molecule has 1 amide bonds. The van der Waals surface area contributed by atoms with Crippen LogP contribution in [0.5, 0.6) is 0 Å². The van der Waals surface area contributed by atoms with Crippen molar-refractivity contribution in [2.75, 3.05) is 6.54 Å². The van der Waals surface area contributed by atoms with Crippen LogP contribution in [-0.4, -0.2) is 29.4 Å². The monoisotopic (exact) mass is 238 g/mol. The summed E-state index contributed by atoms with van der Waals surface area (Å²) in [7, 11) is 0. The van der Waals surface area contributed by atoms with E-state index < -0.39 is 0 Å². The molecule has 0 spiro atoms. The van der Waals surface area contributed by atoms with E-state index in [4.69, 9.17) is 5.73 Å². The van der Waals surface area contributed by atoms with Gasteiger partial charge in [-0.2, -0.15) is 0 Å². The molecule has 2 rings (SSSR count). The molecule has 0 saturated heterocycles. The van der Waals surface area contributed by atoms with Crippen LogP contribution in [0.15, 0.2) is 0 Å². The summed E-state index contributed by atoms with van der Waals surface area (Å²) in [6.45, 7) is 7.33. The van der Waals surface area contributed by atoms with Gasteiger partial charge in [0.15, 0.2) is 0 Å². The second-order valence-electron chi connectivity index (χ2n) is 6.50. The highest BCUT2D eigenvalue weighted by atomic mass is 16.2. The Kier molecular flexibility index (Phi) is 3.48. The van der Waals surface area contributed by atoms with Crippen LogP contribution in [0.4, 0.5) is 0 Å². The Labute approximate surface area is 105 Å². The van der Waals surface area contributed by atoms with Gasteiger partial charge >= 0.3 is 0 Å². The number of carbonyl (C=O) groups is 1. The molecule has 0 heterocycles. The Bertz CT molecular complexity index is 299. The summed E-state index contributed by atoms with van der Waals surface area (Å²) in [6.07, 6.45) is 5.44. The van der Waals surface area contributed by atoms with Crippen LogP contribution in [0.1, 0.15) is 52.9 Å². The first-order chi connectivity index (χ1) is 7.95. The van der Waals surface area contributed by atoms with Gasteiger partial charge in [-0.05, 0) is 38.5 Å². The van der Waals surface area contributed by atoms with E-state index in [0.29, 0.717) is 17.9 Å². The lowest BCUT2D eigenvalue weighted by Crippen LogP contribution is -2.50. The Morgan fingerprint density at radius 1 is 1.41 bits per heavy atom. The van der Waals surface area contributed by atoms with Crippen molar-refractivity contribution in [3.63, 3.8) is 0 Å². The van der Waals surface area contributed by atoms with E-state index in [2.05, 4.69) is 25.7 Å². The third-order valence-corrected chi connectivity index (χ3v) is 4.33. The maximum absolute atomic E-state index is 12.7. The molecule has 2 aliphatic carbocycles. The Balaban J connectivity index is 2.10. The largest absolute Gasteiger partial charge is 0.339 e. The van der Waals surface area contributed by atoms with Crippen LogP contribution in [-0.2, 0) is 4.79 Å². The maximum atomic E-state index is 12.7. The summed E-state index contributed by atoms with van der Waals surface area (Å²) < 4.78 is 0. The first-order valence-corrected chi connectivity index (χ1v) is 7.02. The molecule has 0 aromatic rings. The average Bonchev–Trinajstić information content (AvgIpc) is 3.03. The molecule has 2 atom stereocenters. The van der Waals surface area contributed by atoms with E-state index >= 15 is 0 Å². The first kappa shape index (κ1) is 12.9. The highest BCUT2D eigenvalue weighted by Crippen LogP contribution is 2.41. The van der Waals surface area contributed by atoms with Crippen molar-refractivity contribution in [3.05, 3.63) is 0 Å². The molecule has 3 heteroatoms. The van der Waals surface area contributed by atoms with Gasteiger partial charge in [0.05, 0.1) is 5.41 Å². The third-order valence-electron chi connectivity index (χ3n) is 4.33. The van der Waals surface area contributed by atoms with Crippen LogP contribution in [0.2, 0.25) is 0 Å². The summed E-state index contributed by atoms with van der Waals surface area (Å²) >= 11 is 0. The standard InChI is InChI=1S/C14H26N2O/c1-10(2)9-16(11-6-7-11)13(17)14(3)8-4-5-12(14)15/h10-12H,4-9,15H2,1-3H3. The quantitative estimate of drug-likeness (QED) is 0.815. The normalized spacial score (nSPS) is 33.1.